The molecule has 8 N–H and O–H groups in total. The van der Waals surface area contributed by atoms with Gasteiger partial charge in [-0.05, 0) is 141 Å². The van der Waals surface area contributed by atoms with Crippen molar-refractivity contribution in [2.24, 2.45) is 22.2 Å². The molecule has 4 aliphatic carbocycles. The number of benzene rings is 3. The number of para-hydroxylation sites is 1. The van der Waals surface area contributed by atoms with Crippen LogP contribution in [0.4, 0.5) is 15.7 Å². The first-order chi connectivity index (χ1) is 50.4. The van der Waals surface area contributed by atoms with Crippen LogP contribution in [0, 0.1) is 29.1 Å². The molecule has 4 bridgehead atoms. The van der Waals surface area contributed by atoms with Gasteiger partial charge in [-0.3, -0.25) is 43.4 Å². The molecule has 13 rings (SSSR count). The molecule has 1 saturated heterocycles. The number of hydrogen-bond donors (Lipinski definition) is 8. The van der Waals surface area contributed by atoms with Gasteiger partial charge >= 0.3 is 18.0 Å². The van der Waals surface area contributed by atoms with Gasteiger partial charge in [-0.15, -0.1) is 0 Å². The topological polar surface area (TPSA) is 416 Å². The molecule has 3 aromatic carbocycles. The fourth-order valence-corrected chi connectivity index (χ4v) is 18.8. The smallest absolute Gasteiger partial charge is 0.409 e. The van der Waals surface area contributed by atoms with E-state index in [0.717, 1.165) is 70.5 Å². The van der Waals surface area contributed by atoms with E-state index in [9.17, 15) is 76.9 Å². The number of Topliss-reactive ketones (excluding diaryl/α,β-unsaturated/α-hetero) is 1. The molecular weight excluding hydrogens is 1410 g/mol. The number of pyridine rings is 1. The molecule has 6 heterocycles. The average Bonchev–Trinajstić information content (AvgIpc) is 0.733. The van der Waals surface area contributed by atoms with E-state index in [1.54, 1.807) is 25.4 Å². The predicted molar refractivity (Wildman–Crippen MR) is 382 cm³/mol. The standard InChI is InChI=1S/C74H87N9O21S2/c1-43-51(49-19-20-56(78-59(49)66(92)93)81-26-23-44-12-10-14-50(52(44)33-81)65(91)79-69-77-53-15-7-8-16-55(53)105-69)32-76-83(43)42-73-37-71(2)36-72(3,38-73)40-74(39-71,41-73)102-29-27-80(4)70(96)101-34-45-17-18-48(103-68-62(89)60(87)61(88)63(104-68)67(94)95)31-54(45)100-28-11-24-75-64(90)46(35-106(97,98)99)30-47(84)13-6-5-9-25-82-57(85)21-22-58(82)86/h7-8,10,12,14-22,31-32,46,60-63,68,87-89H,5-6,9,11,13,23-30,33-42H2,1-4H3,(H,75,90)(H,92,93)(H,94,95)(H,77,79,91)(H,97,98,99)/t46-,60-,61-,62+,63-,68+,71?,72?,73?,74?/m0/s1. The molecule has 0 radical (unpaired) electrons. The lowest BCUT2D eigenvalue weighted by Crippen LogP contribution is -2.64. The Morgan fingerprint density at radius 1 is 0.840 bits per heavy atom. The van der Waals surface area contributed by atoms with Crippen molar-refractivity contribution in [1.82, 2.24) is 34.9 Å². The molecule has 4 saturated carbocycles. The molecule has 5 amide bonds. The minimum Gasteiger partial charge on any atom is -0.493 e. The van der Waals surface area contributed by atoms with Crippen LogP contribution in [0.5, 0.6) is 11.5 Å². The van der Waals surface area contributed by atoms with Gasteiger partial charge < -0.3 is 64.3 Å². The van der Waals surface area contributed by atoms with Crippen molar-refractivity contribution in [3.63, 3.8) is 0 Å². The van der Waals surface area contributed by atoms with Crippen LogP contribution in [-0.4, -0.2) is 204 Å². The lowest BCUT2D eigenvalue weighted by atomic mass is 9.39. The SMILES string of the molecule is Cc1c(-c2ccc(N3CCc4cccc(C(=O)Nc5nc6ccccc6s5)c4C3)nc2C(=O)O)cnn1CC12CC3(C)CC(C)(C1)CC(OCCN(C)C(=O)OCc1ccc(O[C@@H]4O[C@H](C(=O)O)[C@@H](O)[C@H](O)[C@H]4O)cc1OCCCNC(=O)[C@@H](CC(=O)CCCCCN1C(=O)C=CC1=O)CS(=O)(=O)O)(C3)C2. The van der Waals surface area contributed by atoms with Gasteiger partial charge in [0.1, 0.15) is 48.0 Å². The van der Waals surface area contributed by atoms with Crippen LogP contribution in [0.15, 0.2) is 91.1 Å². The number of thiazole rings is 1. The molecule has 0 spiro atoms. The number of carboxylic acid groups (broad SMARTS) is 2. The third-order valence-corrected chi connectivity index (χ3v) is 22.7. The number of aromatic carboxylic acids is 1. The summed E-state index contributed by atoms with van der Waals surface area (Å²) in [5, 5.41) is 62.9. The van der Waals surface area contributed by atoms with E-state index in [-0.39, 0.29) is 97.2 Å². The van der Waals surface area contributed by atoms with Crippen molar-refractivity contribution < 1.29 is 101 Å². The maximum Gasteiger partial charge on any atom is 0.409 e. The first-order valence-electron chi connectivity index (χ1n) is 35.3. The van der Waals surface area contributed by atoms with Crippen molar-refractivity contribution in [2.75, 3.05) is 62.4 Å². The van der Waals surface area contributed by atoms with Gasteiger partial charge in [-0.2, -0.15) is 13.5 Å². The molecule has 3 aliphatic heterocycles. The first kappa shape index (κ1) is 76.4. The lowest BCUT2D eigenvalue weighted by Gasteiger charge is -2.69. The Morgan fingerprint density at radius 2 is 1.59 bits per heavy atom. The van der Waals surface area contributed by atoms with E-state index in [4.69, 9.17) is 33.8 Å². The number of ether oxygens (including phenoxy) is 5. The number of hydrogen-bond acceptors (Lipinski definition) is 23. The molecule has 566 valence electrons. The number of amides is 5. The Hall–Kier alpha value is -9.28. The lowest BCUT2D eigenvalue weighted by molar-refractivity contribution is -0.271. The number of aliphatic carboxylic acids is 1. The van der Waals surface area contributed by atoms with Crippen LogP contribution in [0.25, 0.3) is 21.3 Å². The maximum atomic E-state index is 13.8. The maximum absolute atomic E-state index is 13.8. The van der Waals surface area contributed by atoms with Gasteiger partial charge in [-0.25, -0.2) is 24.4 Å². The quantitative estimate of drug-likeness (QED) is 0.0121. The monoisotopic (exact) mass is 1500 g/mol. The number of aliphatic hydroxyl groups is 3. The molecule has 3 aromatic heterocycles. The fourth-order valence-electron chi connectivity index (χ4n) is 17.2. The number of unbranched alkanes of at least 4 members (excludes halogenated alkanes) is 2. The summed E-state index contributed by atoms with van der Waals surface area (Å²) in [4.78, 5) is 116. The Kier molecular flexibility index (Phi) is 22.5. The van der Waals surface area contributed by atoms with Crippen LogP contribution < -0.4 is 25.0 Å². The molecule has 6 aromatic rings. The third kappa shape index (κ3) is 17.4. The minimum absolute atomic E-state index is 0.0272. The molecule has 2 unspecified atom stereocenters. The third-order valence-electron chi connectivity index (χ3n) is 20.9. The number of carbonyl (C=O) groups is 8. The number of fused-ring (bicyclic) bond motifs is 2. The number of carbonyl (C=O) groups excluding carboxylic acids is 6. The van der Waals surface area contributed by atoms with Gasteiger partial charge in [-0.1, -0.05) is 55.9 Å². The highest BCUT2D eigenvalue weighted by Crippen LogP contribution is 2.72. The number of nitrogens with one attached hydrogen (secondary N) is 2. The van der Waals surface area contributed by atoms with Crippen LogP contribution in [0.1, 0.15) is 134 Å². The van der Waals surface area contributed by atoms with Gasteiger partial charge in [0.25, 0.3) is 27.8 Å². The normalized spacial score (nSPS) is 24.8. The Bertz CT molecular complexity index is 4470. The van der Waals surface area contributed by atoms with E-state index < -0.39 is 106 Å². The van der Waals surface area contributed by atoms with E-state index in [1.807, 2.05) is 59.0 Å². The summed E-state index contributed by atoms with van der Waals surface area (Å²) in [6.45, 7) is 7.88. The number of aliphatic hydroxyl groups excluding tert-OH is 3. The molecule has 7 aliphatic rings. The van der Waals surface area contributed by atoms with Crippen molar-refractivity contribution in [1.29, 1.82) is 0 Å². The number of carboxylic acids is 2. The predicted octanol–water partition coefficient (Wildman–Crippen LogP) is 6.89. The van der Waals surface area contributed by atoms with Crippen molar-refractivity contribution >= 4 is 90.1 Å². The number of likely N-dealkylation sites (N-methyl/N-ethyl adjacent to an activating group) is 1. The van der Waals surface area contributed by atoms with E-state index in [0.29, 0.717) is 73.0 Å². The van der Waals surface area contributed by atoms with Gasteiger partial charge in [0.05, 0.1) is 46.9 Å². The number of ketones is 1. The summed E-state index contributed by atoms with van der Waals surface area (Å²) in [7, 11) is -3.14. The van der Waals surface area contributed by atoms with E-state index in [1.165, 1.54) is 46.6 Å². The summed E-state index contributed by atoms with van der Waals surface area (Å²) < 4.78 is 66.6. The summed E-state index contributed by atoms with van der Waals surface area (Å²) in [6, 6.07) is 21.1. The molecular formula is C74H87N9O21S2. The molecule has 32 heteroatoms. The number of anilines is 2. The Balaban J connectivity index is 0.662. The summed E-state index contributed by atoms with van der Waals surface area (Å²) in [5.41, 5.74) is 4.27. The van der Waals surface area contributed by atoms with Crippen molar-refractivity contribution in [2.45, 2.75) is 160 Å². The Morgan fingerprint density at radius 3 is 2.32 bits per heavy atom. The zero-order valence-corrected chi connectivity index (χ0v) is 60.8. The van der Waals surface area contributed by atoms with Gasteiger partial charge in [0.2, 0.25) is 12.2 Å². The van der Waals surface area contributed by atoms with Crippen LogP contribution in [0.3, 0.4) is 0 Å². The number of rotatable bonds is 32. The molecule has 5 fully saturated rings. The van der Waals surface area contributed by atoms with Crippen molar-refractivity contribution in [3.05, 3.63) is 125 Å². The highest BCUT2D eigenvalue weighted by molar-refractivity contribution is 7.85. The molecule has 106 heavy (non-hydrogen) atoms. The highest BCUT2D eigenvalue weighted by Gasteiger charge is 2.66. The second-order valence-electron chi connectivity index (χ2n) is 29.7. The van der Waals surface area contributed by atoms with E-state index >= 15 is 0 Å². The Labute approximate surface area is 614 Å². The highest BCUT2D eigenvalue weighted by atomic mass is 32.2. The van der Waals surface area contributed by atoms with Crippen LogP contribution >= 0.6 is 11.3 Å². The largest absolute Gasteiger partial charge is 0.493 e. The van der Waals surface area contributed by atoms with Crippen molar-refractivity contribution in [3.8, 4) is 22.6 Å². The molecule has 8 atom stereocenters. The first-order valence-corrected chi connectivity index (χ1v) is 37.7. The van der Waals surface area contributed by atoms with Gasteiger partial charge in [0, 0.05) is 105 Å². The molecule has 30 nitrogen and oxygen atoms in total. The van der Waals surface area contributed by atoms with Gasteiger partial charge in [0.15, 0.2) is 16.9 Å². The van der Waals surface area contributed by atoms with Crippen LogP contribution in [0.2, 0.25) is 0 Å². The fraction of sp³-hybridized carbons (Fsp3) is 0.500. The summed E-state index contributed by atoms with van der Waals surface area (Å²) in [6.07, 6.45) is 0.286. The zero-order valence-electron chi connectivity index (χ0n) is 59.1. The second-order valence-corrected chi connectivity index (χ2v) is 32.2. The summed E-state index contributed by atoms with van der Waals surface area (Å²) >= 11 is 1.40. The minimum atomic E-state index is -4.71. The second kappa shape index (κ2) is 31.3. The number of aromatic nitrogens is 4. The zero-order chi connectivity index (χ0) is 75.6. The van der Waals surface area contributed by atoms with E-state index in [2.05, 4.69) is 29.5 Å². The summed E-state index contributed by atoms with van der Waals surface area (Å²) in [5.74, 6) is -7.27. The van der Waals surface area contributed by atoms with Crippen LogP contribution in [-0.2, 0) is 74.4 Å². The number of nitrogens with zero attached hydrogens (tertiary/aromatic N) is 7. The average molecular weight is 1500 g/mol. The number of imide groups is 1.